The molecule has 5 N–H and O–H groups in total. The fourth-order valence-electron chi connectivity index (χ4n) is 3.51. The van der Waals surface area contributed by atoms with Crippen LogP contribution >= 0.6 is 11.3 Å². The molecule has 8 heteroatoms. The molecule has 0 saturated carbocycles. The molecule has 5 rings (SSSR count). The highest BCUT2D eigenvalue weighted by Crippen LogP contribution is 2.32. The molecule has 4 heterocycles. The van der Waals surface area contributed by atoms with E-state index in [1.165, 1.54) is 11.3 Å². The number of hydrogen-bond acceptors (Lipinski definition) is 6. The van der Waals surface area contributed by atoms with Crippen molar-refractivity contribution in [2.75, 3.05) is 36.8 Å². The van der Waals surface area contributed by atoms with Gasteiger partial charge >= 0.3 is 0 Å². The van der Waals surface area contributed by atoms with Gasteiger partial charge in [0.2, 0.25) is 0 Å². The van der Waals surface area contributed by atoms with Crippen molar-refractivity contribution in [2.45, 2.75) is 0 Å². The largest absolute Gasteiger partial charge is 0.397 e. The third-order valence-corrected chi connectivity index (χ3v) is 5.79. The lowest BCUT2D eigenvalue weighted by Crippen LogP contribution is -2.43. The first-order chi connectivity index (χ1) is 12.7. The average Bonchev–Trinajstić information content (AvgIpc) is 3.28. The molecule has 26 heavy (non-hydrogen) atoms. The van der Waals surface area contributed by atoms with Crippen molar-refractivity contribution in [3.63, 3.8) is 0 Å². The van der Waals surface area contributed by atoms with Gasteiger partial charge in [0.1, 0.15) is 11.4 Å². The Morgan fingerprint density at radius 2 is 1.96 bits per heavy atom. The number of nitrogens with one attached hydrogen (secondary N) is 3. The van der Waals surface area contributed by atoms with Gasteiger partial charge in [0.05, 0.1) is 26.9 Å². The van der Waals surface area contributed by atoms with Gasteiger partial charge in [0, 0.05) is 31.9 Å². The van der Waals surface area contributed by atoms with E-state index in [0.29, 0.717) is 17.1 Å². The van der Waals surface area contributed by atoms with E-state index in [4.69, 9.17) is 5.73 Å². The highest BCUT2D eigenvalue weighted by molar-refractivity contribution is 7.17. The lowest BCUT2D eigenvalue weighted by molar-refractivity contribution is 0.589. The van der Waals surface area contributed by atoms with Crippen molar-refractivity contribution in [3.8, 4) is 11.4 Å². The van der Waals surface area contributed by atoms with Gasteiger partial charge in [-0.15, -0.1) is 11.3 Å². The first-order valence-corrected chi connectivity index (χ1v) is 9.43. The van der Waals surface area contributed by atoms with Crippen molar-refractivity contribution in [1.29, 1.82) is 0 Å². The van der Waals surface area contributed by atoms with Crippen LogP contribution in [0.4, 0.5) is 11.4 Å². The number of fused-ring (bicyclic) bond motifs is 2. The fraction of sp³-hybridized carbons (Fsp3) is 0.222. The van der Waals surface area contributed by atoms with Crippen LogP contribution < -0.4 is 21.5 Å². The number of rotatable bonds is 2. The zero-order valence-electron chi connectivity index (χ0n) is 14.0. The van der Waals surface area contributed by atoms with E-state index < -0.39 is 0 Å². The Balaban J connectivity index is 1.63. The van der Waals surface area contributed by atoms with Crippen molar-refractivity contribution < 1.29 is 0 Å². The topological polar surface area (TPSA) is 103 Å². The molecule has 0 atom stereocenters. The molecule has 4 aromatic rings. The summed E-state index contributed by atoms with van der Waals surface area (Å²) in [6.07, 6.45) is 0. The minimum absolute atomic E-state index is 0.227. The summed E-state index contributed by atoms with van der Waals surface area (Å²) in [6, 6.07) is 8.01. The van der Waals surface area contributed by atoms with Gasteiger partial charge < -0.3 is 25.9 Å². The van der Waals surface area contributed by atoms with E-state index >= 15 is 0 Å². The van der Waals surface area contributed by atoms with Crippen molar-refractivity contribution in [3.05, 3.63) is 40.0 Å². The number of thiophene rings is 1. The molecule has 0 radical (unpaired) electrons. The number of anilines is 2. The molecular weight excluding hydrogens is 348 g/mol. The third-order valence-electron chi connectivity index (χ3n) is 4.84. The summed E-state index contributed by atoms with van der Waals surface area (Å²) in [5.41, 5.74) is 10.6. The van der Waals surface area contributed by atoms with Crippen LogP contribution in [0.25, 0.3) is 32.6 Å². The first-order valence-electron chi connectivity index (χ1n) is 8.55. The third kappa shape index (κ3) is 2.38. The number of nitrogen functional groups attached to an aromatic ring is 1. The van der Waals surface area contributed by atoms with Crippen LogP contribution in [0.3, 0.4) is 0 Å². The molecule has 1 fully saturated rings. The second-order valence-corrected chi connectivity index (χ2v) is 7.35. The average molecular weight is 366 g/mol. The minimum Gasteiger partial charge on any atom is -0.397 e. The minimum atomic E-state index is -0.227. The first kappa shape index (κ1) is 15.4. The van der Waals surface area contributed by atoms with Crippen LogP contribution in [-0.4, -0.2) is 41.1 Å². The van der Waals surface area contributed by atoms with Crippen LogP contribution in [-0.2, 0) is 0 Å². The van der Waals surface area contributed by atoms with Crippen molar-refractivity contribution in [2.24, 2.45) is 0 Å². The summed E-state index contributed by atoms with van der Waals surface area (Å²) < 4.78 is 0.876. The maximum Gasteiger partial charge on any atom is 0.261 e. The number of pyridine rings is 1. The Labute approximate surface area is 152 Å². The highest BCUT2D eigenvalue weighted by atomic mass is 32.1. The Morgan fingerprint density at radius 1 is 1.12 bits per heavy atom. The van der Waals surface area contributed by atoms with Gasteiger partial charge in [-0.1, -0.05) is 0 Å². The molecule has 0 spiro atoms. The second-order valence-electron chi connectivity index (χ2n) is 6.43. The summed E-state index contributed by atoms with van der Waals surface area (Å²) in [7, 11) is 0. The Morgan fingerprint density at radius 3 is 2.81 bits per heavy atom. The van der Waals surface area contributed by atoms with Gasteiger partial charge in [-0.3, -0.25) is 4.79 Å². The number of hydrogen-bond donors (Lipinski definition) is 4. The molecule has 1 saturated heterocycles. The molecule has 1 aromatic carbocycles. The zero-order chi connectivity index (χ0) is 17.7. The van der Waals surface area contributed by atoms with Crippen LogP contribution in [0.2, 0.25) is 0 Å². The second kappa shape index (κ2) is 5.86. The SMILES string of the molecule is Nc1c(-c2nc3ccc(N4CCNCC4)cc3[nH]2)c(=O)[nH]c2ccsc12. The fourth-order valence-corrected chi connectivity index (χ4v) is 4.32. The summed E-state index contributed by atoms with van der Waals surface area (Å²) >= 11 is 1.51. The number of H-pyrrole nitrogens is 2. The molecule has 7 nitrogen and oxygen atoms in total. The molecular formula is C18H18N6OS. The predicted molar refractivity (Wildman–Crippen MR) is 107 cm³/mol. The van der Waals surface area contributed by atoms with E-state index in [1.54, 1.807) is 0 Å². The lowest BCUT2D eigenvalue weighted by atomic mass is 10.2. The van der Waals surface area contributed by atoms with Gasteiger partial charge in [0.25, 0.3) is 5.56 Å². The van der Waals surface area contributed by atoms with Gasteiger partial charge in [0.15, 0.2) is 0 Å². The number of benzene rings is 1. The Kier molecular flexibility index (Phi) is 3.47. The molecule has 0 amide bonds. The summed E-state index contributed by atoms with van der Waals surface area (Å²) in [5.74, 6) is 0.506. The highest BCUT2D eigenvalue weighted by Gasteiger charge is 2.17. The van der Waals surface area contributed by atoms with Crippen LogP contribution in [0.15, 0.2) is 34.4 Å². The number of aromatic amines is 2. The van der Waals surface area contributed by atoms with E-state index in [2.05, 4.69) is 37.3 Å². The molecule has 1 aliphatic rings. The van der Waals surface area contributed by atoms with E-state index in [1.807, 2.05) is 17.5 Å². The quantitative estimate of drug-likeness (QED) is 0.435. The normalized spacial score (nSPS) is 15.2. The number of nitrogens with two attached hydrogens (primary N) is 1. The molecule has 132 valence electrons. The summed E-state index contributed by atoms with van der Waals surface area (Å²) in [5, 5.41) is 5.27. The smallest absolute Gasteiger partial charge is 0.261 e. The van der Waals surface area contributed by atoms with Gasteiger partial charge in [-0.25, -0.2) is 4.98 Å². The molecule has 0 unspecified atom stereocenters. The number of imidazole rings is 1. The Bertz CT molecular complexity index is 1170. The maximum absolute atomic E-state index is 12.5. The van der Waals surface area contributed by atoms with Crippen molar-refractivity contribution >= 4 is 44.0 Å². The van der Waals surface area contributed by atoms with Crippen LogP contribution in [0, 0.1) is 0 Å². The van der Waals surface area contributed by atoms with Crippen LogP contribution in [0.5, 0.6) is 0 Å². The number of aromatic nitrogens is 3. The van der Waals surface area contributed by atoms with Crippen molar-refractivity contribution in [1.82, 2.24) is 20.3 Å². The monoisotopic (exact) mass is 366 g/mol. The number of nitrogens with zero attached hydrogens (tertiary/aromatic N) is 2. The molecule has 0 bridgehead atoms. The van der Waals surface area contributed by atoms with E-state index in [-0.39, 0.29) is 5.56 Å². The predicted octanol–water partition coefficient (Wildman–Crippen LogP) is 2.12. The summed E-state index contributed by atoms with van der Waals surface area (Å²) in [4.78, 5) is 25.6. The lowest BCUT2D eigenvalue weighted by Gasteiger charge is -2.29. The van der Waals surface area contributed by atoms with Crippen LogP contribution in [0.1, 0.15) is 0 Å². The van der Waals surface area contributed by atoms with Gasteiger partial charge in [-0.2, -0.15) is 0 Å². The van der Waals surface area contributed by atoms with E-state index in [0.717, 1.165) is 53.1 Å². The molecule has 1 aliphatic heterocycles. The zero-order valence-corrected chi connectivity index (χ0v) is 14.8. The van der Waals surface area contributed by atoms with Gasteiger partial charge in [-0.05, 0) is 29.6 Å². The van der Waals surface area contributed by atoms with E-state index in [9.17, 15) is 4.79 Å². The summed E-state index contributed by atoms with van der Waals surface area (Å²) in [6.45, 7) is 3.93. The molecule has 3 aromatic heterocycles. The molecule has 0 aliphatic carbocycles. The standard InChI is InChI=1S/C18H18N6OS/c19-15-14(18(25)23-12-3-8-26-16(12)15)17-21-11-2-1-10(9-13(11)22-17)24-6-4-20-5-7-24/h1-3,8-9,20H,4-7H2,(H,21,22)(H3,19,23,25). The Hall–Kier alpha value is -2.84. The number of piperazine rings is 1. The maximum atomic E-state index is 12.5.